The van der Waals surface area contributed by atoms with Crippen molar-refractivity contribution in [1.82, 2.24) is 4.57 Å². The summed E-state index contributed by atoms with van der Waals surface area (Å²) in [4.78, 5) is 11.8. The summed E-state index contributed by atoms with van der Waals surface area (Å²) in [6.45, 7) is 3.88. The van der Waals surface area contributed by atoms with Crippen LogP contribution in [0.4, 0.5) is 0 Å². The van der Waals surface area contributed by atoms with Crippen molar-refractivity contribution < 1.29 is 0 Å². The second-order valence-electron chi connectivity index (χ2n) is 3.95. The topological polar surface area (TPSA) is 22.0 Å². The van der Waals surface area contributed by atoms with Gasteiger partial charge in [0, 0.05) is 26.5 Å². The summed E-state index contributed by atoms with van der Waals surface area (Å²) in [7, 11) is 0. The van der Waals surface area contributed by atoms with E-state index in [0.29, 0.717) is 0 Å². The molecule has 4 heteroatoms. The fourth-order valence-electron chi connectivity index (χ4n) is 1.73. The highest BCUT2D eigenvalue weighted by molar-refractivity contribution is 14.1. The predicted octanol–water partition coefficient (Wildman–Crippen LogP) is 3.71. The van der Waals surface area contributed by atoms with E-state index in [1.54, 1.807) is 16.7 Å². The smallest absolute Gasteiger partial charge is 0.255 e. The largest absolute Gasteiger partial charge is 0.283 e. The van der Waals surface area contributed by atoms with Crippen molar-refractivity contribution in [2.75, 3.05) is 0 Å². The molecular weight excluding hydrogens is 349 g/mol. The highest BCUT2D eigenvalue weighted by atomic mass is 127. The fourth-order valence-corrected chi connectivity index (χ4v) is 2.29. The molecule has 2 rings (SSSR count). The van der Waals surface area contributed by atoms with Crippen molar-refractivity contribution in [1.29, 1.82) is 0 Å². The molecule has 0 N–H and O–H groups in total. The van der Waals surface area contributed by atoms with E-state index in [9.17, 15) is 4.79 Å². The number of benzene rings is 1. The molecule has 1 heterocycles. The number of aromatic nitrogens is 1. The maximum atomic E-state index is 11.8. The summed E-state index contributed by atoms with van der Waals surface area (Å²) in [5.74, 6) is 0. The van der Waals surface area contributed by atoms with E-state index in [1.165, 1.54) is 0 Å². The van der Waals surface area contributed by atoms with Gasteiger partial charge in [0.2, 0.25) is 0 Å². The lowest BCUT2D eigenvalue weighted by molar-refractivity contribution is 0.977. The van der Waals surface area contributed by atoms with Gasteiger partial charge in [0.05, 0.1) is 0 Å². The van der Waals surface area contributed by atoms with Crippen LogP contribution in [0, 0.1) is 17.4 Å². The van der Waals surface area contributed by atoms with Gasteiger partial charge >= 0.3 is 0 Å². The van der Waals surface area contributed by atoms with Gasteiger partial charge in [-0.05, 0) is 65.8 Å². The first-order valence-electron chi connectivity index (χ1n) is 5.14. The van der Waals surface area contributed by atoms with Gasteiger partial charge in [0.25, 0.3) is 5.56 Å². The van der Waals surface area contributed by atoms with Crippen LogP contribution in [0.1, 0.15) is 11.1 Å². The molecule has 2 nitrogen and oxygen atoms in total. The predicted molar refractivity (Wildman–Crippen MR) is 79.2 cm³/mol. The van der Waals surface area contributed by atoms with Crippen molar-refractivity contribution in [2.24, 2.45) is 0 Å². The summed E-state index contributed by atoms with van der Waals surface area (Å²) >= 11 is 8.31. The van der Waals surface area contributed by atoms with E-state index < -0.39 is 0 Å². The number of aryl methyl sites for hydroxylation is 2. The summed E-state index contributed by atoms with van der Waals surface area (Å²) in [5.41, 5.74) is 2.78. The number of halogens is 2. The van der Waals surface area contributed by atoms with Crippen LogP contribution in [-0.2, 0) is 0 Å². The lowest BCUT2D eigenvalue weighted by Gasteiger charge is -2.10. The molecule has 1 aromatic heterocycles. The number of nitrogens with zero attached hydrogens (tertiary/aromatic N) is 1. The summed E-state index contributed by atoms with van der Waals surface area (Å²) in [6.07, 6.45) is 1.82. The van der Waals surface area contributed by atoms with Gasteiger partial charge in [-0.2, -0.15) is 0 Å². The van der Waals surface area contributed by atoms with Crippen LogP contribution in [0.15, 0.2) is 35.3 Å². The normalized spacial score (nSPS) is 10.6. The van der Waals surface area contributed by atoms with E-state index in [4.69, 9.17) is 11.6 Å². The summed E-state index contributed by atoms with van der Waals surface area (Å²) < 4.78 is 2.66. The third-order valence-corrected chi connectivity index (χ3v) is 3.81. The fraction of sp³-hybridized carbons (Fsp3) is 0.154. The Morgan fingerprint density at radius 3 is 2.35 bits per heavy atom. The zero-order valence-electron chi connectivity index (χ0n) is 9.50. The van der Waals surface area contributed by atoms with Crippen LogP contribution >= 0.6 is 34.2 Å². The molecule has 0 bridgehead atoms. The molecule has 0 aliphatic heterocycles. The Labute approximate surface area is 118 Å². The van der Waals surface area contributed by atoms with Gasteiger partial charge in [-0.25, -0.2) is 0 Å². The Balaban J connectivity index is 2.69. The lowest BCUT2D eigenvalue weighted by Crippen LogP contribution is -2.16. The third-order valence-electron chi connectivity index (χ3n) is 2.57. The average molecular weight is 360 g/mol. The molecule has 0 atom stereocenters. The minimum atomic E-state index is -0.0356. The molecular formula is C13H11ClINO. The molecule has 0 radical (unpaired) electrons. The molecule has 17 heavy (non-hydrogen) atoms. The quantitative estimate of drug-likeness (QED) is 0.712. The molecule has 0 unspecified atom stereocenters. The Morgan fingerprint density at radius 2 is 1.76 bits per heavy atom. The molecule has 88 valence electrons. The molecule has 1 aromatic carbocycles. The Morgan fingerprint density at radius 1 is 1.18 bits per heavy atom. The van der Waals surface area contributed by atoms with Crippen LogP contribution in [0.3, 0.4) is 0 Å². The maximum Gasteiger partial charge on any atom is 0.255 e. The zero-order chi connectivity index (χ0) is 12.6. The van der Waals surface area contributed by atoms with E-state index in [-0.39, 0.29) is 5.56 Å². The summed E-state index contributed by atoms with van der Waals surface area (Å²) in [5, 5.41) is 0.757. The third kappa shape index (κ3) is 2.55. The second-order valence-corrected chi connectivity index (χ2v) is 5.57. The van der Waals surface area contributed by atoms with Gasteiger partial charge in [-0.1, -0.05) is 11.6 Å². The van der Waals surface area contributed by atoms with E-state index in [0.717, 1.165) is 25.4 Å². The van der Waals surface area contributed by atoms with Gasteiger partial charge in [0.1, 0.15) is 0 Å². The monoisotopic (exact) mass is 359 g/mol. The average Bonchev–Trinajstić information content (AvgIpc) is 2.28. The van der Waals surface area contributed by atoms with Crippen molar-refractivity contribution >= 4 is 34.2 Å². The number of pyridine rings is 1. The molecule has 0 amide bonds. The highest BCUT2D eigenvalue weighted by Gasteiger charge is 2.05. The zero-order valence-corrected chi connectivity index (χ0v) is 12.4. The van der Waals surface area contributed by atoms with Crippen LogP contribution in [0.25, 0.3) is 5.69 Å². The van der Waals surface area contributed by atoms with Gasteiger partial charge in [0.15, 0.2) is 0 Å². The van der Waals surface area contributed by atoms with Gasteiger partial charge in [-0.15, -0.1) is 0 Å². The Hall–Kier alpha value is -0.810. The molecule has 0 aliphatic carbocycles. The first-order valence-corrected chi connectivity index (χ1v) is 6.60. The van der Waals surface area contributed by atoms with Crippen molar-refractivity contribution in [2.45, 2.75) is 13.8 Å². The van der Waals surface area contributed by atoms with Gasteiger partial charge in [-0.3, -0.25) is 9.36 Å². The molecule has 2 aromatic rings. The molecule has 0 fully saturated rings. The second kappa shape index (κ2) is 4.82. The summed E-state index contributed by atoms with van der Waals surface area (Å²) in [6, 6.07) is 7.22. The minimum absolute atomic E-state index is 0.0356. The Bertz CT molecular complexity index is 611. The van der Waals surface area contributed by atoms with Crippen molar-refractivity contribution in [3.05, 3.63) is 60.5 Å². The maximum absolute atomic E-state index is 11.8. The van der Waals surface area contributed by atoms with Crippen molar-refractivity contribution in [3.8, 4) is 5.69 Å². The minimum Gasteiger partial charge on any atom is -0.283 e. The molecule has 0 saturated carbocycles. The first kappa shape index (κ1) is 12.6. The van der Waals surface area contributed by atoms with Crippen LogP contribution < -0.4 is 5.56 Å². The lowest BCUT2D eigenvalue weighted by atomic mass is 10.1. The molecule has 0 saturated heterocycles. The Kier molecular flexibility index (Phi) is 3.58. The van der Waals surface area contributed by atoms with Crippen LogP contribution in [-0.4, -0.2) is 4.57 Å². The molecule has 0 spiro atoms. The van der Waals surface area contributed by atoms with E-state index in [2.05, 4.69) is 22.6 Å². The SMILES string of the molecule is Cc1cc(-n2cc(I)ccc2=O)cc(C)c1Cl. The standard InChI is InChI=1S/C13H11ClINO/c1-8-5-11(6-9(2)13(8)14)16-7-10(15)3-4-12(16)17/h3-7H,1-2H3. The van der Waals surface area contributed by atoms with Gasteiger partial charge < -0.3 is 0 Å². The van der Waals surface area contributed by atoms with Crippen molar-refractivity contribution in [3.63, 3.8) is 0 Å². The first-order chi connectivity index (χ1) is 7.99. The van der Waals surface area contributed by atoms with Crippen LogP contribution in [0.2, 0.25) is 5.02 Å². The number of hydrogen-bond acceptors (Lipinski definition) is 1. The van der Waals surface area contributed by atoms with E-state index in [1.807, 2.05) is 32.2 Å². The van der Waals surface area contributed by atoms with Crippen LogP contribution in [0.5, 0.6) is 0 Å². The highest BCUT2D eigenvalue weighted by Crippen LogP contribution is 2.23. The molecule has 0 aliphatic rings. The number of hydrogen-bond donors (Lipinski definition) is 0. The van der Waals surface area contributed by atoms with E-state index >= 15 is 0 Å². The number of rotatable bonds is 1.